The maximum atomic E-state index is 14.1. The average molecular weight is 603 g/mol. The van der Waals surface area contributed by atoms with Crippen LogP contribution in [0.2, 0.25) is 0 Å². The molecule has 3 heterocycles. The van der Waals surface area contributed by atoms with Crippen molar-refractivity contribution in [1.82, 2.24) is 30.2 Å². The number of nitrogens with zero attached hydrogens (tertiary/aromatic N) is 4. The zero-order chi connectivity index (χ0) is 29.9. The van der Waals surface area contributed by atoms with Gasteiger partial charge in [-0.2, -0.15) is 0 Å². The quantitative estimate of drug-likeness (QED) is 0.280. The predicted molar refractivity (Wildman–Crippen MR) is 144 cm³/mol. The van der Waals surface area contributed by atoms with E-state index in [0.717, 1.165) is 25.7 Å². The lowest BCUT2D eigenvalue weighted by atomic mass is 9.79. The highest BCUT2D eigenvalue weighted by atomic mass is 19.3. The summed E-state index contributed by atoms with van der Waals surface area (Å²) in [7, 11) is 0. The number of fused-ring (bicyclic) bond motifs is 1. The summed E-state index contributed by atoms with van der Waals surface area (Å²) in [6, 6.07) is 0.812. The Balaban J connectivity index is 1.12. The molecule has 0 aliphatic heterocycles. The van der Waals surface area contributed by atoms with Crippen molar-refractivity contribution >= 4 is 17.6 Å². The Labute approximate surface area is 245 Å². The molecule has 7 rings (SSSR count). The fraction of sp³-hybridized carbons (Fsp3) is 0.633. The first-order valence-corrected chi connectivity index (χ1v) is 15.2. The number of hydrogen-bond acceptors (Lipinski definition) is 6. The number of aromatic nitrogens is 4. The number of alkyl halides is 4. The molecule has 0 spiro atoms. The molecule has 43 heavy (non-hydrogen) atoms. The summed E-state index contributed by atoms with van der Waals surface area (Å²) in [6.45, 7) is 0. The molecule has 0 aromatic carbocycles. The van der Waals surface area contributed by atoms with Crippen LogP contribution < -0.4 is 10.6 Å². The normalized spacial score (nSPS) is 23.4. The van der Waals surface area contributed by atoms with Gasteiger partial charge in [0.2, 0.25) is 23.5 Å². The highest BCUT2D eigenvalue weighted by molar-refractivity contribution is 5.95. The van der Waals surface area contributed by atoms with Crippen LogP contribution >= 0.6 is 0 Å². The second kappa shape index (κ2) is 10.6. The summed E-state index contributed by atoms with van der Waals surface area (Å²) in [5.41, 5.74) is 2.10. The predicted octanol–water partition coefficient (Wildman–Crippen LogP) is 5.89. The summed E-state index contributed by atoms with van der Waals surface area (Å²) in [4.78, 5) is 35.6. The average Bonchev–Trinajstić information content (AvgIpc) is 3.87. The third kappa shape index (κ3) is 6.12. The molecule has 13 heteroatoms. The molecule has 0 bridgehead atoms. The van der Waals surface area contributed by atoms with Gasteiger partial charge in [-0.1, -0.05) is 5.16 Å². The van der Waals surface area contributed by atoms with Gasteiger partial charge in [0.05, 0.1) is 29.2 Å². The topological polar surface area (TPSA) is 114 Å². The maximum absolute atomic E-state index is 14.1. The fourth-order valence-corrected chi connectivity index (χ4v) is 6.63. The highest BCUT2D eigenvalue weighted by Crippen LogP contribution is 2.46. The number of halogens is 4. The lowest BCUT2D eigenvalue weighted by molar-refractivity contribution is -0.134. The van der Waals surface area contributed by atoms with Crippen molar-refractivity contribution < 1.29 is 31.7 Å². The molecule has 4 aliphatic rings. The smallest absolute Gasteiger partial charge is 0.257 e. The van der Waals surface area contributed by atoms with E-state index < -0.39 is 17.9 Å². The molecule has 9 nitrogen and oxygen atoms in total. The van der Waals surface area contributed by atoms with Crippen molar-refractivity contribution in [3.63, 3.8) is 0 Å². The van der Waals surface area contributed by atoms with Crippen LogP contribution in [0.25, 0.3) is 5.78 Å². The first-order chi connectivity index (χ1) is 20.5. The standard InChI is InChI=1S/C30H34F4N6O3/c31-29(32)8-5-19(6-9-29)26(38-27(42)20-15-43-39-24(20)17-1-2-17)22-14-40-10-7-21(35-28(40)36-22)25(18-3-4-18)37-23(41)11-16-12-30(33,34)13-16/h7,10,14-19,25-26H,1-6,8-9,11-13H2,(H,37,41)(H,38,42)/t25?,26-/m0/s1. The van der Waals surface area contributed by atoms with Gasteiger partial charge in [-0.15, -0.1) is 0 Å². The molecular weight excluding hydrogens is 568 g/mol. The molecule has 3 aromatic heterocycles. The van der Waals surface area contributed by atoms with Crippen LogP contribution in [-0.4, -0.2) is 43.2 Å². The number of amides is 2. The van der Waals surface area contributed by atoms with Gasteiger partial charge in [0.15, 0.2) is 0 Å². The van der Waals surface area contributed by atoms with Crippen LogP contribution in [0, 0.1) is 17.8 Å². The third-order valence-corrected chi connectivity index (χ3v) is 9.39. The minimum atomic E-state index is -2.73. The molecular formula is C30H34F4N6O3. The minimum Gasteiger partial charge on any atom is -0.364 e. The number of hydrogen-bond donors (Lipinski definition) is 2. The molecule has 4 fully saturated rings. The van der Waals surface area contributed by atoms with Crippen molar-refractivity contribution in [1.29, 1.82) is 0 Å². The van der Waals surface area contributed by atoms with E-state index in [-0.39, 0.29) is 86.5 Å². The number of nitrogens with one attached hydrogen (secondary N) is 2. The maximum Gasteiger partial charge on any atom is 0.257 e. The summed E-state index contributed by atoms with van der Waals surface area (Å²) < 4.78 is 61.4. The van der Waals surface area contributed by atoms with Gasteiger partial charge in [-0.3, -0.25) is 14.0 Å². The fourth-order valence-electron chi connectivity index (χ4n) is 6.63. The molecule has 0 radical (unpaired) electrons. The van der Waals surface area contributed by atoms with Crippen LogP contribution in [-0.2, 0) is 4.79 Å². The highest BCUT2D eigenvalue weighted by Gasteiger charge is 2.46. The molecule has 2 N–H and O–H groups in total. The van der Waals surface area contributed by atoms with E-state index in [1.54, 1.807) is 22.9 Å². The Hall–Kier alpha value is -3.51. The van der Waals surface area contributed by atoms with E-state index in [4.69, 9.17) is 14.5 Å². The number of imidazole rings is 1. The Morgan fingerprint density at radius 1 is 0.930 bits per heavy atom. The van der Waals surface area contributed by atoms with Crippen molar-refractivity contribution in [2.75, 3.05) is 0 Å². The van der Waals surface area contributed by atoms with E-state index >= 15 is 0 Å². The van der Waals surface area contributed by atoms with Crippen molar-refractivity contribution in [2.45, 2.75) is 100 Å². The summed E-state index contributed by atoms with van der Waals surface area (Å²) in [6.07, 6.45) is 8.05. The lowest BCUT2D eigenvalue weighted by Crippen LogP contribution is -2.39. The van der Waals surface area contributed by atoms with Gasteiger partial charge in [-0.25, -0.2) is 27.5 Å². The van der Waals surface area contributed by atoms with E-state index in [9.17, 15) is 27.2 Å². The van der Waals surface area contributed by atoms with Crippen molar-refractivity contribution in [3.05, 3.63) is 47.4 Å². The van der Waals surface area contributed by atoms with E-state index in [1.165, 1.54) is 6.26 Å². The first-order valence-electron chi connectivity index (χ1n) is 15.2. The third-order valence-electron chi connectivity index (χ3n) is 9.39. The number of carbonyl (C=O) groups excluding carboxylic acids is 2. The van der Waals surface area contributed by atoms with Gasteiger partial charge in [0.1, 0.15) is 11.8 Å². The second-order valence-corrected chi connectivity index (χ2v) is 13.0. The molecule has 3 aromatic rings. The number of rotatable bonds is 10. The SMILES string of the molecule is O=C(CC1CC(F)(F)C1)NC(c1ccn2cc([C@@H](NC(=O)c3conc3C3CC3)C3CCC(F)(F)CC3)nc2n1)C1CC1. The van der Waals surface area contributed by atoms with Gasteiger partial charge in [-0.05, 0) is 62.3 Å². The van der Waals surface area contributed by atoms with Gasteiger partial charge >= 0.3 is 0 Å². The van der Waals surface area contributed by atoms with E-state index in [2.05, 4.69) is 15.8 Å². The molecule has 0 saturated heterocycles. The Morgan fingerprint density at radius 3 is 2.28 bits per heavy atom. The summed E-state index contributed by atoms with van der Waals surface area (Å²) in [5.74, 6) is -5.85. The molecule has 230 valence electrons. The van der Waals surface area contributed by atoms with Crippen LogP contribution in [0.4, 0.5) is 17.6 Å². The van der Waals surface area contributed by atoms with Gasteiger partial charge in [0, 0.05) is 50.4 Å². The van der Waals surface area contributed by atoms with E-state index in [1.807, 2.05) is 0 Å². The largest absolute Gasteiger partial charge is 0.364 e. The van der Waals surface area contributed by atoms with Gasteiger partial charge in [0.25, 0.3) is 5.91 Å². The monoisotopic (exact) mass is 602 g/mol. The Bertz CT molecular complexity index is 1510. The van der Waals surface area contributed by atoms with Crippen LogP contribution in [0.5, 0.6) is 0 Å². The lowest BCUT2D eigenvalue weighted by Gasteiger charge is -2.34. The molecule has 4 saturated carbocycles. The van der Waals surface area contributed by atoms with Crippen LogP contribution in [0.1, 0.15) is 116 Å². The first kappa shape index (κ1) is 28.3. The molecule has 2 atom stereocenters. The Kier molecular flexibility index (Phi) is 6.96. The zero-order valence-corrected chi connectivity index (χ0v) is 23.6. The van der Waals surface area contributed by atoms with Crippen molar-refractivity contribution in [2.24, 2.45) is 17.8 Å². The van der Waals surface area contributed by atoms with Crippen LogP contribution in [0.3, 0.4) is 0 Å². The minimum absolute atomic E-state index is 0.0606. The Morgan fingerprint density at radius 2 is 1.60 bits per heavy atom. The second-order valence-electron chi connectivity index (χ2n) is 13.0. The summed E-state index contributed by atoms with van der Waals surface area (Å²) >= 11 is 0. The van der Waals surface area contributed by atoms with Crippen molar-refractivity contribution in [3.8, 4) is 0 Å². The number of carbonyl (C=O) groups is 2. The molecule has 1 unspecified atom stereocenters. The zero-order valence-electron chi connectivity index (χ0n) is 23.6. The van der Waals surface area contributed by atoms with E-state index in [0.29, 0.717) is 28.4 Å². The van der Waals surface area contributed by atoms with Gasteiger partial charge < -0.3 is 15.2 Å². The molecule has 2 amide bonds. The molecule has 4 aliphatic carbocycles. The summed E-state index contributed by atoms with van der Waals surface area (Å²) in [5, 5.41) is 10.1. The van der Waals surface area contributed by atoms with Crippen LogP contribution in [0.15, 0.2) is 29.2 Å².